The Balaban J connectivity index is 2.36. The van der Waals surface area contributed by atoms with Crippen molar-refractivity contribution in [1.82, 2.24) is 9.55 Å². The highest BCUT2D eigenvalue weighted by Gasteiger charge is 2.44. The Kier molecular flexibility index (Phi) is 3.11. The lowest BCUT2D eigenvalue weighted by molar-refractivity contribution is -0.142. The second-order valence-electron chi connectivity index (χ2n) is 3.65. The summed E-state index contributed by atoms with van der Waals surface area (Å²) in [5.41, 5.74) is 4.71. The van der Waals surface area contributed by atoms with Crippen molar-refractivity contribution in [3.8, 4) is 0 Å². The van der Waals surface area contributed by atoms with Crippen LogP contribution in [0.3, 0.4) is 0 Å². The molecule has 4 atom stereocenters. The molecule has 1 unspecified atom stereocenters. The van der Waals surface area contributed by atoms with E-state index in [0.29, 0.717) is 0 Å². The summed E-state index contributed by atoms with van der Waals surface area (Å²) in [6.07, 6.45) is -3.06. The van der Waals surface area contributed by atoms with Crippen LogP contribution in [0, 0.1) is 0 Å². The first-order valence-electron chi connectivity index (χ1n) is 4.93. The maximum Gasteiger partial charge on any atom is 0.351 e. The van der Waals surface area contributed by atoms with Crippen LogP contribution in [-0.2, 0) is 9.47 Å². The lowest BCUT2D eigenvalue weighted by Gasteiger charge is -2.19. The summed E-state index contributed by atoms with van der Waals surface area (Å²) in [6.45, 7) is 0. The number of aromatic nitrogens is 2. The van der Waals surface area contributed by atoms with E-state index in [2.05, 4.69) is 4.98 Å². The van der Waals surface area contributed by atoms with Crippen LogP contribution in [0.5, 0.6) is 0 Å². The molecule has 1 saturated heterocycles. The molecule has 0 saturated carbocycles. The molecule has 94 valence electrons. The molecule has 4 N–H and O–H groups in total. The van der Waals surface area contributed by atoms with Crippen LogP contribution in [0.4, 0.5) is 5.82 Å². The molecule has 2 rings (SSSR count). The van der Waals surface area contributed by atoms with Crippen molar-refractivity contribution in [2.24, 2.45) is 0 Å². The summed E-state index contributed by atoms with van der Waals surface area (Å²) < 4.78 is 11.1. The van der Waals surface area contributed by atoms with E-state index in [9.17, 15) is 15.0 Å². The molecule has 1 aliphatic heterocycles. The summed E-state index contributed by atoms with van der Waals surface area (Å²) >= 11 is 0. The van der Waals surface area contributed by atoms with Gasteiger partial charge in [-0.25, -0.2) is 4.79 Å². The van der Waals surface area contributed by atoms with Crippen molar-refractivity contribution < 1.29 is 19.7 Å². The molecule has 1 aliphatic rings. The van der Waals surface area contributed by atoms with Gasteiger partial charge in [-0.1, -0.05) is 0 Å². The maximum absolute atomic E-state index is 11.6. The number of aliphatic hydroxyl groups is 2. The molecule has 0 bridgehead atoms. The van der Waals surface area contributed by atoms with Gasteiger partial charge in [-0.3, -0.25) is 4.57 Å². The fraction of sp³-hybridized carbons (Fsp3) is 0.556. The number of nitrogens with zero attached hydrogens (tertiary/aromatic N) is 2. The van der Waals surface area contributed by atoms with Gasteiger partial charge in [0, 0.05) is 13.3 Å². The molecule has 0 spiro atoms. The highest BCUT2D eigenvalue weighted by molar-refractivity contribution is 5.23. The Labute approximate surface area is 96.2 Å². The number of nitrogens with two attached hydrogens (primary N) is 1. The summed E-state index contributed by atoms with van der Waals surface area (Å²) in [4.78, 5) is 15.1. The lowest BCUT2D eigenvalue weighted by Crippen LogP contribution is -2.36. The Morgan fingerprint density at radius 3 is 2.88 bits per heavy atom. The van der Waals surface area contributed by atoms with Crippen LogP contribution in [0.1, 0.15) is 6.23 Å². The van der Waals surface area contributed by atoms with Crippen molar-refractivity contribution >= 4 is 5.82 Å². The third-order valence-corrected chi connectivity index (χ3v) is 2.59. The molecule has 8 nitrogen and oxygen atoms in total. The van der Waals surface area contributed by atoms with Gasteiger partial charge in [0.15, 0.2) is 12.5 Å². The zero-order chi connectivity index (χ0) is 12.6. The molecule has 17 heavy (non-hydrogen) atoms. The predicted octanol–water partition coefficient (Wildman–Crippen LogP) is -1.95. The van der Waals surface area contributed by atoms with Gasteiger partial charge in [0.1, 0.15) is 18.0 Å². The van der Waals surface area contributed by atoms with Crippen LogP contribution >= 0.6 is 0 Å². The minimum atomic E-state index is -1.41. The Morgan fingerprint density at radius 2 is 2.29 bits per heavy atom. The first-order valence-corrected chi connectivity index (χ1v) is 4.93. The number of hydrogen-bond donors (Lipinski definition) is 3. The van der Waals surface area contributed by atoms with Gasteiger partial charge in [-0.2, -0.15) is 4.98 Å². The van der Waals surface area contributed by atoms with Crippen LogP contribution in [0.2, 0.25) is 0 Å². The quantitative estimate of drug-likeness (QED) is 0.552. The second-order valence-corrected chi connectivity index (χ2v) is 3.65. The first-order chi connectivity index (χ1) is 8.04. The molecule has 1 aromatic rings. The van der Waals surface area contributed by atoms with Gasteiger partial charge in [0.25, 0.3) is 0 Å². The number of rotatable bonds is 2. The topological polar surface area (TPSA) is 120 Å². The van der Waals surface area contributed by atoms with Gasteiger partial charge in [0.2, 0.25) is 0 Å². The molecule has 1 aromatic heterocycles. The first kappa shape index (κ1) is 12.0. The van der Waals surface area contributed by atoms with E-state index in [1.54, 1.807) is 0 Å². The predicted molar refractivity (Wildman–Crippen MR) is 55.8 cm³/mol. The SMILES string of the molecule is CO[C@@H]1[C@H](O)C(O)O[C@H]1n1ccc(N)nc1=O. The smallest absolute Gasteiger partial charge is 0.351 e. The van der Waals surface area contributed by atoms with E-state index in [1.807, 2.05) is 0 Å². The molecule has 1 fully saturated rings. The van der Waals surface area contributed by atoms with E-state index >= 15 is 0 Å². The average molecular weight is 243 g/mol. The van der Waals surface area contributed by atoms with Gasteiger partial charge in [-0.15, -0.1) is 0 Å². The van der Waals surface area contributed by atoms with E-state index in [1.165, 1.54) is 19.4 Å². The van der Waals surface area contributed by atoms with E-state index in [-0.39, 0.29) is 5.82 Å². The summed E-state index contributed by atoms with van der Waals surface area (Å²) in [7, 11) is 1.35. The van der Waals surface area contributed by atoms with E-state index < -0.39 is 30.4 Å². The van der Waals surface area contributed by atoms with Crippen molar-refractivity contribution in [2.45, 2.75) is 24.7 Å². The fourth-order valence-corrected chi connectivity index (χ4v) is 1.73. The van der Waals surface area contributed by atoms with Crippen LogP contribution < -0.4 is 11.4 Å². The zero-order valence-corrected chi connectivity index (χ0v) is 9.06. The molecule has 8 heteroatoms. The van der Waals surface area contributed by atoms with Gasteiger partial charge in [-0.05, 0) is 6.07 Å². The van der Waals surface area contributed by atoms with Crippen molar-refractivity contribution in [3.63, 3.8) is 0 Å². The molecular formula is C9H13N3O5. The molecule has 0 radical (unpaired) electrons. The van der Waals surface area contributed by atoms with Crippen molar-refractivity contribution in [2.75, 3.05) is 12.8 Å². The highest BCUT2D eigenvalue weighted by atomic mass is 16.7. The summed E-state index contributed by atoms with van der Waals surface area (Å²) in [5, 5.41) is 18.9. The third-order valence-electron chi connectivity index (χ3n) is 2.59. The zero-order valence-electron chi connectivity index (χ0n) is 9.06. The normalized spacial score (nSPS) is 32.9. The largest absolute Gasteiger partial charge is 0.385 e. The van der Waals surface area contributed by atoms with Crippen molar-refractivity contribution in [3.05, 3.63) is 22.7 Å². The van der Waals surface area contributed by atoms with Gasteiger partial charge < -0.3 is 25.4 Å². The van der Waals surface area contributed by atoms with E-state index in [0.717, 1.165) is 4.57 Å². The van der Waals surface area contributed by atoms with Crippen LogP contribution in [-0.4, -0.2) is 45.4 Å². The number of anilines is 1. The van der Waals surface area contributed by atoms with Crippen molar-refractivity contribution in [1.29, 1.82) is 0 Å². The third kappa shape index (κ3) is 2.03. The summed E-state index contributed by atoms with van der Waals surface area (Å²) in [6, 6.07) is 1.41. The number of methoxy groups -OCH3 is 1. The van der Waals surface area contributed by atoms with Crippen LogP contribution in [0.15, 0.2) is 17.1 Å². The molecule has 0 aliphatic carbocycles. The molecule has 2 heterocycles. The Morgan fingerprint density at radius 1 is 1.59 bits per heavy atom. The fourth-order valence-electron chi connectivity index (χ4n) is 1.73. The Hall–Kier alpha value is -1.48. The second kappa shape index (κ2) is 4.41. The molecule has 0 amide bonds. The standard InChI is InChI=1S/C9H13N3O5/c1-16-6-5(13)8(14)17-7(6)12-3-2-4(10)11-9(12)15/h2-3,5-8,13-14H,1H3,(H2,10,11,15)/t5-,6+,7+,8?/m0/s1. The molecule has 0 aromatic carbocycles. The average Bonchev–Trinajstić information content (AvgIpc) is 2.55. The highest BCUT2D eigenvalue weighted by Crippen LogP contribution is 2.28. The van der Waals surface area contributed by atoms with Gasteiger partial charge in [0.05, 0.1) is 0 Å². The van der Waals surface area contributed by atoms with E-state index in [4.69, 9.17) is 15.2 Å². The number of hydrogen-bond acceptors (Lipinski definition) is 7. The molecular weight excluding hydrogens is 230 g/mol. The monoisotopic (exact) mass is 243 g/mol. The summed E-state index contributed by atoms with van der Waals surface area (Å²) in [5.74, 6) is 0.0827. The van der Waals surface area contributed by atoms with Gasteiger partial charge >= 0.3 is 5.69 Å². The maximum atomic E-state index is 11.6. The Bertz CT molecular complexity index is 462. The number of ether oxygens (including phenoxy) is 2. The van der Waals surface area contributed by atoms with Crippen LogP contribution in [0.25, 0.3) is 0 Å². The minimum absolute atomic E-state index is 0.0827. The number of nitrogen functional groups attached to an aromatic ring is 1. The minimum Gasteiger partial charge on any atom is -0.385 e. The lowest BCUT2D eigenvalue weighted by atomic mass is 10.2. The number of aliphatic hydroxyl groups excluding tert-OH is 2.